The van der Waals surface area contributed by atoms with Gasteiger partial charge in [-0.15, -0.1) is 11.3 Å². The summed E-state index contributed by atoms with van der Waals surface area (Å²) < 4.78 is 0. The van der Waals surface area contributed by atoms with Gasteiger partial charge in [0, 0.05) is 36.4 Å². The van der Waals surface area contributed by atoms with Crippen LogP contribution in [0.3, 0.4) is 0 Å². The summed E-state index contributed by atoms with van der Waals surface area (Å²) >= 11 is 1.62. The van der Waals surface area contributed by atoms with E-state index in [1.165, 1.54) is 5.56 Å². The second-order valence-electron chi connectivity index (χ2n) is 7.52. The summed E-state index contributed by atoms with van der Waals surface area (Å²) in [6, 6.07) is 10.9. The average Bonchev–Trinajstić information content (AvgIpc) is 3.09. The molecule has 1 aliphatic rings. The van der Waals surface area contributed by atoms with Crippen molar-refractivity contribution in [2.45, 2.75) is 57.9 Å². The number of rotatable bonds is 5. The standard InChI is InChI=1S/C20H26N2OS/c1-20(2)11-10-17(16(14-20)15-6-4-3-5-7-15)22-18(23)8-9-19-21-12-13-24-19/h3-7,12-13,16-17H,8-11,14H2,1-2H3,(H,22,23). The van der Waals surface area contributed by atoms with E-state index in [1.54, 1.807) is 17.5 Å². The summed E-state index contributed by atoms with van der Waals surface area (Å²) in [5, 5.41) is 6.30. The van der Waals surface area contributed by atoms with Gasteiger partial charge < -0.3 is 5.32 Å². The Morgan fingerprint density at radius 2 is 2.12 bits per heavy atom. The van der Waals surface area contributed by atoms with Crippen molar-refractivity contribution in [3.63, 3.8) is 0 Å². The van der Waals surface area contributed by atoms with Gasteiger partial charge in [0.15, 0.2) is 0 Å². The molecule has 2 aromatic rings. The van der Waals surface area contributed by atoms with Crippen molar-refractivity contribution < 1.29 is 4.79 Å². The van der Waals surface area contributed by atoms with E-state index in [0.29, 0.717) is 17.8 Å². The zero-order valence-corrected chi connectivity index (χ0v) is 15.3. The Morgan fingerprint density at radius 1 is 1.33 bits per heavy atom. The van der Waals surface area contributed by atoms with E-state index < -0.39 is 0 Å². The molecule has 1 fully saturated rings. The third-order valence-corrected chi connectivity index (χ3v) is 5.85. The van der Waals surface area contributed by atoms with E-state index in [0.717, 1.165) is 30.7 Å². The largest absolute Gasteiger partial charge is 0.353 e. The van der Waals surface area contributed by atoms with Crippen LogP contribution in [0.2, 0.25) is 0 Å². The number of carbonyl (C=O) groups is 1. The Kier molecular flexibility index (Phi) is 5.34. The molecule has 24 heavy (non-hydrogen) atoms. The molecule has 2 unspecified atom stereocenters. The molecule has 1 saturated carbocycles. The summed E-state index contributed by atoms with van der Waals surface area (Å²) in [7, 11) is 0. The first-order chi connectivity index (χ1) is 11.5. The topological polar surface area (TPSA) is 42.0 Å². The molecular formula is C20H26N2OS. The molecule has 1 N–H and O–H groups in total. The second kappa shape index (κ2) is 7.47. The molecule has 0 saturated heterocycles. The minimum Gasteiger partial charge on any atom is -0.353 e. The lowest BCUT2D eigenvalue weighted by molar-refractivity contribution is -0.122. The van der Waals surface area contributed by atoms with Crippen LogP contribution in [-0.2, 0) is 11.2 Å². The summed E-state index contributed by atoms with van der Waals surface area (Å²) in [5.41, 5.74) is 1.68. The lowest BCUT2D eigenvalue weighted by Gasteiger charge is -2.41. The summed E-state index contributed by atoms with van der Waals surface area (Å²) in [5.74, 6) is 0.551. The third kappa shape index (κ3) is 4.44. The van der Waals surface area contributed by atoms with E-state index in [9.17, 15) is 4.79 Å². The van der Waals surface area contributed by atoms with Gasteiger partial charge in [-0.25, -0.2) is 4.98 Å². The van der Waals surface area contributed by atoms with Gasteiger partial charge in [0.05, 0.1) is 5.01 Å². The fraction of sp³-hybridized carbons (Fsp3) is 0.500. The second-order valence-corrected chi connectivity index (χ2v) is 8.50. The van der Waals surface area contributed by atoms with Gasteiger partial charge in [0.1, 0.15) is 0 Å². The number of amides is 1. The zero-order chi connectivity index (χ0) is 17.0. The fourth-order valence-corrected chi connectivity index (χ4v) is 4.31. The highest BCUT2D eigenvalue weighted by Crippen LogP contribution is 2.43. The monoisotopic (exact) mass is 342 g/mol. The van der Waals surface area contributed by atoms with Crippen molar-refractivity contribution in [1.82, 2.24) is 10.3 Å². The van der Waals surface area contributed by atoms with E-state index in [-0.39, 0.29) is 11.9 Å². The highest BCUT2D eigenvalue weighted by Gasteiger charge is 2.36. The van der Waals surface area contributed by atoms with Gasteiger partial charge in [0.25, 0.3) is 0 Å². The van der Waals surface area contributed by atoms with Crippen LogP contribution in [0.15, 0.2) is 41.9 Å². The van der Waals surface area contributed by atoms with Gasteiger partial charge in [0.2, 0.25) is 5.91 Å². The lowest BCUT2D eigenvalue weighted by Crippen LogP contribution is -2.44. The predicted molar refractivity (Wildman–Crippen MR) is 99.2 cm³/mol. The smallest absolute Gasteiger partial charge is 0.220 e. The minimum atomic E-state index is 0.149. The minimum absolute atomic E-state index is 0.149. The molecule has 0 radical (unpaired) electrons. The van der Waals surface area contributed by atoms with Crippen molar-refractivity contribution in [2.24, 2.45) is 5.41 Å². The Labute approximate surface area is 148 Å². The first kappa shape index (κ1) is 17.2. The molecule has 1 aromatic carbocycles. The Balaban J connectivity index is 1.64. The number of aromatic nitrogens is 1. The molecule has 1 aromatic heterocycles. The quantitative estimate of drug-likeness (QED) is 0.866. The number of nitrogens with zero attached hydrogens (tertiary/aromatic N) is 1. The van der Waals surface area contributed by atoms with Gasteiger partial charge in [-0.05, 0) is 30.2 Å². The number of benzene rings is 1. The fourth-order valence-electron chi connectivity index (χ4n) is 3.69. The van der Waals surface area contributed by atoms with Crippen LogP contribution in [0.25, 0.3) is 0 Å². The van der Waals surface area contributed by atoms with E-state index >= 15 is 0 Å². The maximum atomic E-state index is 12.4. The molecule has 0 aliphatic heterocycles. The first-order valence-corrected chi connectivity index (χ1v) is 9.64. The van der Waals surface area contributed by atoms with Crippen molar-refractivity contribution in [2.75, 3.05) is 0 Å². The summed E-state index contributed by atoms with van der Waals surface area (Å²) in [4.78, 5) is 16.7. The van der Waals surface area contributed by atoms with Crippen LogP contribution in [0.5, 0.6) is 0 Å². The maximum Gasteiger partial charge on any atom is 0.220 e. The van der Waals surface area contributed by atoms with Crippen LogP contribution >= 0.6 is 11.3 Å². The lowest BCUT2D eigenvalue weighted by atomic mass is 9.68. The van der Waals surface area contributed by atoms with E-state index in [2.05, 4.69) is 54.5 Å². The van der Waals surface area contributed by atoms with Crippen molar-refractivity contribution in [3.05, 3.63) is 52.5 Å². The molecule has 1 amide bonds. The maximum absolute atomic E-state index is 12.4. The first-order valence-electron chi connectivity index (χ1n) is 8.76. The molecular weight excluding hydrogens is 316 g/mol. The van der Waals surface area contributed by atoms with Crippen LogP contribution in [0.1, 0.15) is 56.0 Å². The molecule has 0 spiro atoms. The number of nitrogens with one attached hydrogen (secondary N) is 1. The average molecular weight is 343 g/mol. The molecule has 3 nitrogen and oxygen atoms in total. The molecule has 128 valence electrons. The number of hydrogen-bond acceptors (Lipinski definition) is 3. The van der Waals surface area contributed by atoms with Crippen molar-refractivity contribution in [1.29, 1.82) is 0 Å². The third-order valence-electron chi connectivity index (χ3n) is 5.01. The van der Waals surface area contributed by atoms with Crippen LogP contribution in [-0.4, -0.2) is 16.9 Å². The van der Waals surface area contributed by atoms with E-state index in [1.807, 2.05) is 5.38 Å². The number of aryl methyl sites for hydroxylation is 1. The molecule has 0 bridgehead atoms. The molecule has 4 heteroatoms. The molecule has 3 rings (SSSR count). The highest BCUT2D eigenvalue weighted by molar-refractivity contribution is 7.09. The SMILES string of the molecule is CC1(C)CCC(NC(=O)CCc2nccs2)C(c2ccccc2)C1. The number of thiazole rings is 1. The van der Waals surface area contributed by atoms with Crippen molar-refractivity contribution in [3.8, 4) is 0 Å². The Bertz CT molecular complexity index is 652. The Morgan fingerprint density at radius 3 is 2.83 bits per heavy atom. The van der Waals surface area contributed by atoms with Crippen LogP contribution < -0.4 is 5.32 Å². The predicted octanol–water partition coefficient (Wildman–Crippen LogP) is 4.55. The molecule has 1 heterocycles. The Hall–Kier alpha value is -1.68. The van der Waals surface area contributed by atoms with Crippen LogP contribution in [0, 0.1) is 5.41 Å². The highest BCUT2D eigenvalue weighted by atomic mass is 32.1. The number of carbonyl (C=O) groups excluding carboxylic acids is 1. The molecule has 1 aliphatic carbocycles. The van der Waals surface area contributed by atoms with E-state index in [4.69, 9.17) is 0 Å². The summed E-state index contributed by atoms with van der Waals surface area (Å²) in [6.07, 6.45) is 6.39. The molecule has 2 atom stereocenters. The van der Waals surface area contributed by atoms with Crippen molar-refractivity contribution >= 4 is 17.2 Å². The van der Waals surface area contributed by atoms with Gasteiger partial charge >= 0.3 is 0 Å². The summed E-state index contributed by atoms with van der Waals surface area (Å²) in [6.45, 7) is 4.67. The number of hydrogen-bond donors (Lipinski definition) is 1. The normalized spacial score (nSPS) is 22.9. The van der Waals surface area contributed by atoms with Gasteiger partial charge in [-0.3, -0.25) is 4.79 Å². The van der Waals surface area contributed by atoms with Gasteiger partial charge in [-0.1, -0.05) is 44.2 Å². The zero-order valence-electron chi connectivity index (χ0n) is 14.5. The van der Waals surface area contributed by atoms with Gasteiger partial charge in [-0.2, -0.15) is 0 Å². The van der Waals surface area contributed by atoms with Crippen LogP contribution in [0.4, 0.5) is 0 Å².